The lowest BCUT2D eigenvalue weighted by Crippen LogP contribution is -2.42. The van der Waals surface area contributed by atoms with Gasteiger partial charge in [-0.25, -0.2) is 0 Å². The van der Waals surface area contributed by atoms with Gasteiger partial charge in [0.25, 0.3) is 0 Å². The molecule has 2 aromatic carbocycles. The molecule has 0 fully saturated rings. The number of hydrogen-bond donors (Lipinski definition) is 3. The summed E-state index contributed by atoms with van der Waals surface area (Å²) in [5.74, 6) is 0.958. The van der Waals surface area contributed by atoms with E-state index < -0.39 is 0 Å². The van der Waals surface area contributed by atoms with Gasteiger partial charge in [0.2, 0.25) is 5.95 Å². The lowest BCUT2D eigenvalue weighted by molar-refractivity contribution is 0.627. The van der Waals surface area contributed by atoms with Gasteiger partial charge in [-0.15, -0.1) is 0 Å². The Kier molecular flexibility index (Phi) is 4.50. The Hall–Kier alpha value is -3.61. The summed E-state index contributed by atoms with van der Waals surface area (Å²) in [6.07, 6.45) is 2.66. The second-order valence-electron chi connectivity index (χ2n) is 8.05. The van der Waals surface area contributed by atoms with Crippen molar-refractivity contribution >= 4 is 28.5 Å². The molecule has 5 rings (SSSR count). The van der Waals surface area contributed by atoms with Gasteiger partial charge in [0, 0.05) is 24.8 Å². The number of rotatable bonds is 4. The Morgan fingerprint density at radius 2 is 2.03 bits per heavy atom. The lowest BCUT2D eigenvalue weighted by atomic mass is 9.96. The normalized spacial score (nSPS) is 15.9. The van der Waals surface area contributed by atoms with E-state index in [4.69, 9.17) is 5.73 Å². The SMILES string of the molecule is Cc1ccc(C)c(CN2CC(Nc3nc(N)nc4[nH]ncc34)Cc3ccccc32)c1. The van der Waals surface area contributed by atoms with Gasteiger partial charge in [0.05, 0.1) is 11.6 Å². The Morgan fingerprint density at radius 1 is 1.17 bits per heavy atom. The van der Waals surface area contributed by atoms with Crippen LogP contribution in [0.25, 0.3) is 11.0 Å². The van der Waals surface area contributed by atoms with Crippen molar-refractivity contribution in [2.24, 2.45) is 0 Å². The van der Waals surface area contributed by atoms with E-state index >= 15 is 0 Å². The number of para-hydroxylation sites is 1. The molecule has 0 bridgehead atoms. The largest absolute Gasteiger partial charge is 0.368 e. The summed E-state index contributed by atoms with van der Waals surface area (Å²) in [5.41, 5.74) is 13.1. The van der Waals surface area contributed by atoms with Crippen LogP contribution >= 0.6 is 0 Å². The first-order valence-corrected chi connectivity index (χ1v) is 10.2. The fourth-order valence-corrected chi connectivity index (χ4v) is 4.26. The molecular weight excluding hydrogens is 374 g/mol. The molecule has 4 N–H and O–H groups in total. The van der Waals surface area contributed by atoms with E-state index in [1.807, 2.05) is 0 Å². The molecule has 7 heteroatoms. The van der Waals surface area contributed by atoms with Crippen LogP contribution in [0.4, 0.5) is 17.5 Å². The summed E-state index contributed by atoms with van der Waals surface area (Å²) in [4.78, 5) is 11.1. The van der Waals surface area contributed by atoms with Crippen LogP contribution in [0.5, 0.6) is 0 Å². The highest BCUT2D eigenvalue weighted by Crippen LogP contribution is 2.31. The van der Waals surface area contributed by atoms with Crippen LogP contribution in [0.3, 0.4) is 0 Å². The van der Waals surface area contributed by atoms with Gasteiger partial charge in [-0.05, 0) is 43.0 Å². The molecular formula is C23H25N7. The molecule has 0 spiro atoms. The summed E-state index contributed by atoms with van der Waals surface area (Å²) >= 11 is 0. The third-order valence-electron chi connectivity index (χ3n) is 5.77. The summed E-state index contributed by atoms with van der Waals surface area (Å²) in [6, 6.07) is 15.5. The van der Waals surface area contributed by atoms with Crippen LogP contribution in [-0.2, 0) is 13.0 Å². The lowest BCUT2D eigenvalue weighted by Gasteiger charge is -2.37. The van der Waals surface area contributed by atoms with E-state index in [0.717, 1.165) is 30.7 Å². The Balaban J connectivity index is 1.47. The van der Waals surface area contributed by atoms with Crippen molar-refractivity contribution < 1.29 is 0 Å². The number of hydrogen-bond acceptors (Lipinski definition) is 6. The van der Waals surface area contributed by atoms with Crippen molar-refractivity contribution in [3.63, 3.8) is 0 Å². The maximum absolute atomic E-state index is 5.91. The second kappa shape index (κ2) is 7.33. The quantitative estimate of drug-likeness (QED) is 0.485. The highest BCUT2D eigenvalue weighted by Gasteiger charge is 2.25. The topological polar surface area (TPSA) is 95.7 Å². The molecule has 1 atom stereocenters. The maximum atomic E-state index is 5.91. The minimum atomic E-state index is 0.192. The van der Waals surface area contributed by atoms with E-state index in [0.29, 0.717) is 5.65 Å². The standard InChI is InChI=1S/C23H25N7/c1-14-7-8-15(2)17(9-14)12-30-13-18(10-16-5-3-4-6-20(16)30)26-21-19-11-25-29-22(19)28-23(24)27-21/h3-9,11,18H,10,12-13H2,1-2H3,(H4,24,25,26,27,28,29). The maximum Gasteiger partial charge on any atom is 0.224 e. The van der Waals surface area contributed by atoms with E-state index in [1.165, 1.54) is 27.9 Å². The molecule has 4 aromatic rings. The molecule has 3 heterocycles. The molecule has 0 saturated heterocycles. The van der Waals surface area contributed by atoms with Crippen molar-refractivity contribution in [3.05, 3.63) is 70.9 Å². The van der Waals surface area contributed by atoms with E-state index in [2.05, 4.69) is 86.7 Å². The number of nitrogen functional groups attached to an aromatic ring is 1. The second-order valence-corrected chi connectivity index (χ2v) is 8.05. The smallest absolute Gasteiger partial charge is 0.224 e. The average Bonchev–Trinajstić information content (AvgIpc) is 3.19. The first-order valence-electron chi connectivity index (χ1n) is 10.2. The number of aromatic nitrogens is 4. The predicted octanol–water partition coefficient (Wildman–Crippen LogP) is 3.60. The van der Waals surface area contributed by atoms with E-state index in [-0.39, 0.29) is 12.0 Å². The average molecular weight is 400 g/mol. The summed E-state index contributed by atoms with van der Waals surface area (Å²) in [6.45, 7) is 6.07. The fraction of sp³-hybridized carbons (Fsp3) is 0.261. The molecule has 30 heavy (non-hydrogen) atoms. The van der Waals surface area contributed by atoms with Crippen molar-refractivity contribution in [2.75, 3.05) is 22.5 Å². The van der Waals surface area contributed by atoms with Crippen LogP contribution in [0, 0.1) is 13.8 Å². The van der Waals surface area contributed by atoms with Gasteiger partial charge in [0.1, 0.15) is 5.82 Å². The van der Waals surface area contributed by atoms with Gasteiger partial charge in [0.15, 0.2) is 5.65 Å². The van der Waals surface area contributed by atoms with Gasteiger partial charge in [-0.1, -0.05) is 42.0 Å². The van der Waals surface area contributed by atoms with Crippen molar-refractivity contribution in [1.82, 2.24) is 20.2 Å². The minimum Gasteiger partial charge on any atom is -0.368 e. The fourth-order valence-electron chi connectivity index (χ4n) is 4.26. The zero-order valence-electron chi connectivity index (χ0n) is 17.2. The van der Waals surface area contributed by atoms with E-state index in [1.54, 1.807) is 6.20 Å². The van der Waals surface area contributed by atoms with Crippen molar-refractivity contribution in [3.8, 4) is 0 Å². The number of nitrogens with one attached hydrogen (secondary N) is 2. The number of aryl methyl sites for hydroxylation is 2. The molecule has 0 aliphatic carbocycles. The minimum absolute atomic E-state index is 0.192. The Bertz CT molecular complexity index is 1210. The monoisotopic (exact) mass is 399 g/mol. The zero-order chi connectivity index (χ0) is 20.7. The van der Waals surface area contributed by atoms with Gasteiger partial charge in [-0.3, -0.25) is 5.10 Å². The van der Waals surface area contributed by atoms with Crippen molar-refractivity contribution in [2.45, 2.75) is 32.9 Å². The molecule has 0 amide bonds. The number of nitrogens with zero attached hydrogens (tertiary/aromatic N) is 4. The summed E-state index contributed by atoms with van der Waals surface area (Å²) in [5, 5.41) is 11.4. The number of nitrogens with two attached hydrogens (primary N) is 1. The van der Waals surface area contributed by atoms with Crippen LogP contribution in [0.1, 0.15) is 22.3 Å². The highest BCUT2D eigenvalue weighted by atomic mass is 15.2. The zero-order valence-corrected chi connectivity index (χ0v) is 17.2. The van der Waals surface area contributed by atoms with Gasteiger partial charge in [-0.2, -0.15) is 15.1 Å². The van der Waals surface area contributed by atoms with Crippen LogP contribution < -0.4 is 16.0 Å². The van der Waals surface area contributed by atoms with Crippen LogP contribution in [0.2, 0.25) is 0 Å². The molecule has 2 aromatic heterocycles. The van der Waals surface area contributed by atoms with Gasteiger partial charge < -0.3 is 16.0 Å². The number of benzene rings is 2. The molecule has 1 aliphatic rings. The first kappa shape index (κ1) is 18.4. The van der Waals surface area contributed by atoms with E-state index in [9.17, 15) is 0 Å². The van der Waals surface area contributed by atoms with Crippen LogP contribution in [-0.4, -0.2) is 32.8 Å². The molecule has 7 nitrogen and oxygen atoms in total. The molecule has 1 unspecified atom stereocenters. The number of fused-ring (bicyclic) bond motifs is 2. The highest BCUT2D eigenvalue weighted by molar-refractivity contribution is 5.87. The number of aromatic amines is 1. The van der Waals surface area contributed by atoms with Gasteiger partial charge >= 0.3 is 0 Å². The Morgan fingerprint density at radius 3 is 2.93 bits per heavy atom. The molecule has 0 saturated carbocycles. The summed E-state index contributed by atoms with van der Waals surface area (Å²) in [7, 11) is 0. The summed E-state index contributed by atoms with van der Waals surface area (Å²) < 4.78 is 0. The third kappa shape index (κ3) is 3.43. The Labute approximate surface area is 175 Å². The predicted molar refractivity (Wildman–Crippen MR) is 121 cm³/mol. The first-order chi connectivity index (χ1) is 14.6. The molecule has 152 valence electrons. The molecule has 0 radical (unpaired) electrons. The number of anilines is 3. The number of H-pyrrole nitrogens is 1. The van der Waals surface area contributed by atoms with Crippen LogP contribution in [0.15, 0.2) is 48.7 Å². The van der Waals surface area contributed by atoms with Crippen molar-refractivity contribution in [1.29, 1.82) is 0 Å². The molecule has 1 aliphatic heterocycles. The third-order valence-corrected chi connectivity index (χ3v) is 5.77.